The predicted molar refractivity (Wildman–Crippen MR) is 7.78 cm³/mol. The minimum absolute atomic E-state index is 0. The Morgan fingerprint density at radius 1 is 1.50 bits per heavy atom. The van der Waals surface area contributed by atoms with Gasteiger partial charge in [0.15, 0.2) is 0 Å². The Hall–Kier alpha value is 1.23. The van der Waals surface area contributed by atoms with E-state index in [4.69, 9.17) is 5.26 Å². The first-order valence-electron chi connectivity index (χ1n) is 0.258. The van der Waals surface area contributed by atoms with Crippen LogP contribution in [0.15, 0.2) is 0 Å². The van der Waals surface area contributed by atoms with E-state index in [0.29, 0.717) is 0 Å². The molecule has 0 saturated carbocycles. The second kappa shape index (κ2) is 29.2. The number of nitriles is 1. The number of hydrogen-bond donors (Lipinski definition) is 0. The van der Waals surface area contributed by atoms with Gasteiger partial charge in [0.25, 0.3) is 0 Å². The molecule has 0 saturated heterocycles. The van der Waals surface area contributed by atoms with Crippen LogP contribution in [0.4, 0.5) is 0 Å². The van der Waals surface area contributed by atoms with E-state index in [1.54, 1.807) is 0 Å². The molecule has 0 aromatic rings. The van der Waals surface area contributed by atoms with Crippen molar-refractivity contribution in [3.05, 3.63) is 0 Å². The SMILES string of the molecule is C#N.[Ag].[H-].[Na+]. The van der Waals surface area contributed by atoms with E-state index in [2.05, 4.69) is 6.57 Å². The van der Waals surface area contributed by atoms with E-state index in [0.717, 1.165) is 0 Å². The van der Waals surface area contributed by atoms with Gasteiger partial charge in [0, 0.05) is 29.0 Å². The van der Waals surface area contributed by atoms with Crippen LogP contribution in [0.1, 0.15) is 1.43 Å². The standard InChI is InChI=1S/CHN.Ag.Na.H/c1-2;;;/h1H;;;/q;;+1;-1. The van der Waals surface area contributed by atoms with Crippen molar-refractivity contribution in [3.63, 3.8) is 0 Å². The Labute approximate surface area is 64.7 Å². The van der Waals surface area contributed by atoms with Crippen molar-refractivity contribution in [3.8, 4) is 6.57 Å². The zero-order chi connectivity index (χ0) is 2.00. The molecule has 1 radical (unpaired) electrons. The van der Waals surface area contributed by atoms with E-state index < -0.39 is 0 Å². The summed E-state index contributed by atoms with van der Waals surface area (Å²) in [4.78, 5) is 0. The topological polar surface area (TPSA) is 23.8 Å². The Bertz CT molecular complexity index is 16.4. The summed E-state index contributed by atoms with van der Waals surface area (Å²) >= 11 is 0. The van der Waals surface area contributed by atoms with E-state index in [1.807, 2.05) is 0 Å². The van der Waals surface area contributed by atoms with E-state index in [9.17, 15) is 0 Å². The van der Waals surface area contributed by atoms with Crippen molar-refractivity contribution >= 4 is 0 Å². The maximum Gasteiger partial charge on any atom is 1.00 e. The molecule has 0 aliphatic carbocycles. The Morgan fingerprint density at radius 3 is 1.50 bits per heavy atom. The third-order valence-corrected chi connectivity index (χ3v) is 0. The molecular weight excluding hydrogens is 157 g/mol. The molecule has 0 amide bonds. The van der Waals surface area contributed by atoms with Crippen LogP contribution in [0, 0.1) is 11.8 Å². The Kier molecular flexibility index (Phi) is 137. The van der Waals surface area contributed by atoms with Gasteiger partial charge in [-0.3, -0.25) is 0 Å². The molecule has 0 atom stereocenters. The van der Waals surface area contributed by atoms with Crippen molar-refractivity contribution in [1.29, 1.82) is 5.26 Å². The molecule has 1 nitrogen and oxygen atoms in total. The van der Waals surface area contributed by atoms with E-state index in [1.165, 1.54) is 0 Å². The quantitative estimate of drug-likeness (QED) is 0.351. The van der Waals surface area contributed by atoms with Crippen LogP contribution in [0.2, 0.25) is 0 Å². The molecule has 0 aliphatic heterocycles. The third-order valence-electron chi connectivity index (χ3n) is 0. The minimum Gasteiger partial charge on any atom is -1.00 e. The van der Waals surface area contributed by atoms with Crippen LogP contribution in [-0.4, -0.2) is 0 Å². The molecular formula is CH2AgNNa. The van der Waals surface area contributed by atoms with Gasteiger partial charge in [-0.05, 0) is 0 Å². The van der Waals surface area contributed by atoms with E-state index >= 15 is 0 Å². The molecule has 0 fully saturated rings. The summed E-state index contributed by atoms with van der Waals surface area (Å²) in [6, 6.07) is 0. The van der Waals surface area contributed by atoms with Gasteiger partial charge in [-0.15, -0.1) is 0 Å². The summed E-state index contributed by atoms with van der Waals surface area (Å²) in [5.41, 5.74) is 0. The molecule has 0 bridgehead atoms. The van der Waals surface area contributed by atoms with Gasteiger partial charge < -0.3 is 1.43 Å². The molecule has 3 heteroatoms. The van der Waals surface area contributed by atoms with E-state index in [-0.39, 0.29) is 53.4 Å². The average molecular weight is 159 g/mol. The van der Waals surface area contributed by atoms with Gasteiger partial charge in [0.1, 0.15) is 0 Å². The third kappa shape index (κ3) is 10.6. The fraction of sp³-hybridized carbons (Fsp3) is 0. The van der Waals surface area contributed by atoms with Crippen LogP contribution < -0.4 is 29.6 Å². The van der Waals surface area contributed by atoms with Crippen molar-refractivity contribution < 1.29 is 53.4 Å². The maximum atomic E-state index is 6.50. The first kappa shape index (κ1) is 18.8. The van der Waals surface area contributed by atoms with Gasteiger partial charge in [-0.2, -0.15) is 0 Å². The van der Waals surface area contributed by atoms with Crippen LogP contribution >= 0.6 is 0 Å². The molecule has 0 unspecified atom stereocenters. The van der Waals surface area contributed by atoms with Gasteiger partial charge in [-0.1, -0.05) is 0 Å². The molecule has 0 aliphatic rings. The molecule has 4 heavy (non-hydrogen) atoms. The summed E-state index contributed by atoms with van der Waals surface area (Å²) in [5.74, 6) is 0. The minimum atomic E-state index is 0. The van der Waals surface area contributed by atoms with Gasteiger partial charge >= 0.3 is 29.6 Å². The van der Waals surface area contributed by atoms with Crippen LogP contribution in [0.5, 0.6) is 0 Å². The van der Waals surface area contributed by atoms with Crippen molar-refractivity contribution in [2.45, 2.75) is 0 Å². The molecule has 0 aromatic carbocycles. The Balaban J connectivity index is -0.00000000167. The summed E-state index contributed by atoms with van der Waals surface area (Å²) < 4.78 is 0. The van der Waals surface area contributed by atoms with Crippen molar-refractivity contribution in [2.75, 3.05) is 0 Å². The normalized spacial score (nSPS) is 0.500. The summed E-state index contributed by atoms with van der Waals surface area (Å²) in [5, 5.41) is 6.50. The van der Waals surface area contributed by atoms with Crippen LogP contribution in [0.3, 0.4) is 0 Å². The largest absolute Gasteiger partial charge is 1.00 e. The van der Waals surface area contributed by atoms with Crippen LogP contribution in [-0.2, 0) is 22.4 Å². The second-order valence-electron chi connectivity index (χ2n) is 0. The zero-order valence-electron chi connectivity index (χ0n) is 3.33. The smallest absolute Gasteiger partial charge is 1.00 e. The molecule has 0 rings (SSSR count). The maximum absolute atomic E-state index is 6.50. The fourth-order valence-corrected chi connectivity index (χ4v) is 0. The van der Waals surface area contributed by atoms with Crippen molar-refractivity contribution in [2.24, 2.45) is 0 Å². The number of hydrogen-bond acceptors (Lipinski definition) is 1. The molecule has 0 N–H and O–H groups in total. The molecule has 0 heterocycles. The van der Waals surface area contributed by atoms with Gasteiger partial charge in [0.2, 0.25) is 0 Å². The number of nitrogens with zero attached hydrogens (tertiary/aromatic N) is 1. The van der Waals surface area contributed by atoms with Gasteiger partial charge in [-0.25, -0.2) is 5.26 Å². The van der Waals surface area contributed by atoms with Crippen LogP contribution in [0.25, 0.3) is 0 Å². The molecule has 23 valence electrons. The fourth-order valence-electron chi connectivity index (χ4n) is 0. The molecule has 0 aromatic heterocycles. The zero-order valence-corrected chi connectivity index (χ0v) is 5.81. The predicted octanol–water partition coefficient (Wildman–Crippen LogP) is -2.75. The van der Waals surface area contributed by atoms with Gasteiger partial charge in [0.05, 0.1) is 0 Å². The summed E-state index contributed by atoms with van der Waals surface area (Å²) in [6.45, 7) is 3.50. The monoisotopic (exact) mass is 158 g/mol. The summed E-state index contributed by atoms with van der Waals surface area (Å²) in [6.07, 6.45) is 0. The first-order chi connectivity index (χ1) is 1.00. The average Bonchev–Trinajstić information content (AvgIpc) is 1.00. The first-order valence-corrected chi connectivity index (χ1v) is 0.258. The Morgan fingerprint density at radius 2 is 1.50 bits per heavy atom. The number of rotatable bonds is 0. The van der Waals surface area contributed by atoms with Crippen molar-refractivity contribution in [1.82, 2.24) is 0 Å². The second-order valence-corrected chi connectivity index (χ2v) is 0. The summed E-state index contributed by atoms with van der Waals surface area (Å²) in [7, 11) is 0. The molecule has 0 spiro atoms.